The molecule has 4 rings (SSSR count). The third-order valence-electron chi connectivity index (χ3n) is 4.39. The summed E-state index contributed by atoms with van der Waals surface area (Å²) >= 11 is 1.45. The normalized spacial score (nSPS) is 10.9. The Bertz CT molecular complexity index is 1180. The van der Waals surface area contributed by atoms with Crippen LogP contribution in [0.5, 0.6) is 11.5 Å². The van der Waals surface area contributed by atoms with Crippen LogP contribution >= 0.6 is 11.3 Å². The maximum Gasteiger partial charge on any atom is 0.264 e. The van der Waals surface area contributed by atoms with Crippen molar-refractivity contribution >= 4 is 28.2 Å². The molecule has 0 aliphatic rings. The van der Waals surface area contributed by atoms with Crippen molar-refractivity contribution in [1.29, 1.82) is 0 Å². The van der Waals surface area contributed by atoms with Gasteiger partial charge in [0.05, 0.1) is 12.8 Å². The number of hydrogen-bond donors (Lipinski definition) is 1. The quantitative estimate of drug-likeness (QED) is 0.520. The molecule has 1 amide bonds. The fourth-order valence-electron chi connectivity index (χ4n) is 2.98. The van der Waals surface area contributed by atoms with Gasteiger partial charge in [0.1, 0.15) is 11.5 Å². The molecule has 4 aromatic rings. The number of carbonyl (C=O) groups excluding carboxylic acids is 1. The largest absolute Gasteiger partial charge is 0.497 e. The van der Waals surface area contributed by atoms with Gasteiger partial charge in [0.2, 0.25) is 4.96 Å². The van der Waals surface area contributed by atoms with E-state index in [-0.39, 0.29) is 18.5 Å². The monoisotopic (exact) mass is 408 g/mol. The van der Waals surface area contributed by atoms with Crippen molar-refractivity contribution in [1.82, 2.24) is 14.6 Å². The molecule has 0 atom stereocenters. The van der Waals surface area contributed by atoms with E-state index in [0.29, 0.717) is 10.7 Å². The molecule has 0 spiro atoms. The van der Waals surface area contributed by atoms with Gasteiger partial charge in [-0.15, -0.1) is 16.4 Å². The molecule has 8 heteroatoms. The average molecular weight is 408 g/mol. The minimum Gasteiger partial charge on any atom is -0.497 e. The predicted octanol–water partition coefficient (Wildman–Crippen LogP) is 4.10. The number of nitrogens with zero attached hydrogens (tertiary/aromatic N) is 3. The van der Waals surface area contributed by atoms with Crippen LogP contribution in [0.1, 0.15) is 11.1 Å². The number of amides is 1. The van der Waals surface area contributed by atoms with E-state index in [0.717, 1.165) is 28.1 Å². The van der Waals surface area contributed by atoms with Gasteiger partial charge in [-0.2, -0.15) is 4.98 Å². The van der Waals surface area contributed by atoms with Gasteiger partial charge in [0.15, 0.2) is 6.61 Å². The number of anilines is 1. The molecule has 0 aliphatic heterocycles. The summed E-state index contributed by atoms with van der Waals surface area (Å²) in [7, 11) is 1.63. The Labute approximate surface area is 171 Å². The molecule has 0 aliphatic carbocycles. The molecular weight excluding hydrogens is 388 g/mol. The lowest BCUT2D eigenvalue weighted by Crippen LogP contribution is -2.21. The van der Waals surface area contributed by atoms with E-state index < -0.39 is 0 Å². The molecular formula is C21H20N4O3S. The van der Waals surface area contributed by atoms with Crippen molar-refractivity contribution in [3.05, 3.63) is 59.0 Å². The van der Waals surface area contributed by atoms with Crippen LogP contribution < -0.4 is 14.8 Å². The number of thiazole rings is 1. The number of methoxy groups -OCH3 is 1. The Balaban J connectivity index is 1.47. The summed E-state index contributed by atoms with van der Waals surface area (Å²) in [6.07, 6.45) is 0. The summed E-state index contributed by atoms with van der Waals surface area (Å²) in [5.41, 5.74) is 3.97. The van der Waals surface area contributed by atoms with E-state index in [1.165, 1.54) is 11.3 Å². The first kappa shape index (κ1) is 18.9. The van der Waals surface area contributed by atoms with Crippen molar-refractivity contribution in [3.8, 4) is 22.8 Å². The van der Waals surface area contributed by atoms with Gasteiger partial charge in [-0.25, -0.2) is 4.52 Å². The van der Waals surface area contributed by atoms with Crippen LogP contribution in [0.2, 0.25) is 0 Å². The highest BCUT2D eigenvalue weighted by atomic mass is 32.1. The van der Waals surface area contributed by atoms with Crippen LogP contribution in [-0.4, -0.2) is 34.2 Å². The van der Waals surface area contributed by atoms with Gasteiger partial charge in [-0.3, -0.25) is 10.1 Å². The Morgan fingerprint density at radius 3 is 2.86 bits per heavy atom. The van der Waals surface area contributed by atoms with Crippen LogP contribution in [0, 0.1) is 13.8 Å². The Hall–Kier alpha value is -3.39. The van der Waals surface area contributed by atoms with Crippen molar-refractivity contribution in [2.45, 2.75) is 13.8 Å². The van der Waals surface area contributed by atoms with Gasteiger partial charge in [-0.05, 0) is 37.6 Å². The molecule has 0 unspecified atom stereocenters. The van der Waals surface area contributed by atoms with E-state index in [1.54, 1.807) is 11.6 Å². The number of fused-ring (bicyclic) bond motifs is 1. The van der Waals surface area contributed by atoms with E-state index in [4.69, 9.17) is 9.47 Å². The van der Waals surface area contributed by atoms with Gasteiger partial charge in [0, 0.05) is 10.9 Å². The second kappa shape index (κ2) is 7.92. The summed E-state index contributed by atoms with van der Waals surface area (Å²) in [5.74, 6) is 1.38. The maximum atomic E-state index is 12.3. The van der Waals surface area contributed by atoms with Crippen LogP contribution in [0.15, 0.2) is 47.8 Å². The lowest BCUT2D eigenvalue weighted by atomic mass is 10.1. The highest BCUT2D eigenvalue weighted by Gasteiger charge is 2.14. The summed E-state index contributed by atoms with van der Waals surface area (Å²) in [4.78, 5) is 17.3. The van der Waals surface area contributed by atoms with Crippen molar-refractivity contribution in [2.24, 2.45) is 0 Å². The lowest BCUT2D eigenvalue weighted by Gasteiger charge is -2.09. The van der Waals surface area contributed by atoms with Crippen molar-refractivity contribution < 1.29 is 14.3 Å². The zero-order chi connectivity index (χ0) is 20.4. The summed E-state index contributed by atoms with van der Waals surface area (Å²) in [6, 6.07) is 13.5. The Kier molecular flexibility index (Phi) is 5.18. The number of benzene rings is 2. The second-order valence-corrected chi connectivity index (χ2v) is 7.43. The predicted molar refractivity (Wildman–Crippen MR) is 113 cm³/mol. The summed E-state index contributed by atoms with van der Waals surface area (Å²) < 4.78 is 12.6. The molecule has 0 radical (unpaired) electrons. The second-order valence-electron chi connectivity index (χ2n) is 6.59. The number of hydrogen-bond acceptors (Lipinski definition) is 6. The Morgan fingerprint density at radius 2 is 2.07 bits per heavy atom. The molecule has 29 heavy (non-hydrogen) atoms. The highest BCUT2D eigenvalue weighted by Crippen LogP contribution is 2.28. The standard InChI is InChI=1S/C21H20N4O3S/c1-13-7-8-18(14(2)9-13)28-11-19(26)22-20-23-21-25(24-20)17(12-29-21)15-5-4-6-16(10-15)27-3/h4-10,12H,11H2,1-3H3,(H,22,24,26). The first-order chi connectivity index (χ1) is 14.0. The van der Waals surface area contributed by atoms with Crippen molar-refractivity contribution in [3.63, 3.8) is 0 Å². The van der Waals surface area contributed by atoms with E-state index >= 15 is 0 Å². The van der Waals surface area contributed by atoms with Gasteiger partial charge in [0.25, 0.3) is 11.9 Å². The first-order valence-electron chi connectivity index (χ1n) is 9.02. The molecule has 2 heterocycles. The summed E-state index contributed by atoms with van der Waals surface area (Å²) in [5, 5.41) is 9.08. The minimum atomic E-state index is -0.314. The molecule has 2 aromatic heterocycles. The third kappa shape index (κ3) is 4.07. The topological polar surface area (TPSA) is 77.8 Å². The van der Waals surface area contributed by atoms with Crippen LogP contribution in [0.25, 0.3) is 16.2 Å². The molecule has 0 fully saturated rings. The Morgan fingerprint density at radius 1 is 1.21 bits per heavy atom. The number of carbonyl (C=O) groups is 1. The molecule has 0 saturated carbocycles. The van der Waals surface area contributed by atoms with Gasteiger partial charge >= 0.3 is 0 Å². The van der Waals surface area contributed by atoms with Crippen molar-refractivity contribution in [2.75, 3.05) is 19.0 Å². The number of ether oxygens (including phenoxy) is 2. The minimum absolute atomic E-state index is 0.112. The highest BCUT2D eigenvalue weighted by molar-refractivity contribution is 7.15. The zero-order valence-corrected chi connectivity index (χ0v) is 17.1. The van der Waals surface area contributed by atoms with E-state index in [1.807, 2.05) is 61.7 Å². The molecule has 0 bridgehead atoms. The first-order valence-corrected chi connectivity index (χ1v) is 9.90. The fourth-order valence-corrected chi connectivity index (χ4v) is 3.81. The molecule has 148 valence electrons. The van der Waals surface area contributed by atoms with Gasteiger partial charge in [-0.1, -0.05) is 29.8 Å². The van der Waals surface area contributed by atoms with Crippen LogP contribution in [0.4, 0.5) is 5.95 Å². The van der Waals surface area contributed by atoms with Crippen LogP contribution in [-0.2, 0) is 4.79 Å². The SMILES string of the molecule is COc1cccc(-c2csc3nc(NC(=O)COc4ccc(C)cc4C)nn23)c1. The van der Waals surface area contributed by atoms with E-state index in [2.05, 4.69) is 15.4 Å². The third-order valence-corrected chi connectivity index (χ3v) is 5.20. The number of aromatic nitrogens is 3. The average Bonchev–Trinajstić information content (AvgIpc) is 3.27. The number of nitrogens with one attached hydrogen (secondary N) is 1. The number of rotatable bonds is 6. The fraction of sp³-hybridized carbons (Fsp3) is 0.190. The van der Waals surface area contributed by atoms with Gasteiger partial charge < -0.3 is 9.47 Å². The lowest BCUT2D eigenvalue weighted by molar-refractivity contribution is -0.118. The van der Waals surface area contributed by atoms with E-state index in [9.17, 15) is 4.79 Å². The molecule has 1 N–H and O–H groups in total. The molecule has 0 saturated heterocycles. The smallest absolute Gasteiger partial charge is 0.264 e. The zero-order valence-electron chi connectivity index (χ0n) is 16.3. The molecule has 7 nitrogen and oxygen atoms in total. The number of aryl methyl sites for hydroxylation is 2. The summed E-state index contributed by atoms with van der Waals surface area (Å²) in [6.45, 7) is 3.85. The van der Waals surface area contributed by atoms with Crippen LogP contribution in [0.3, 0.4) is 0 Å². The maximum absolute atomic E-state index is 12.3. The molecule has 2 aromatic carbocycles.